The minimum atomic E-state index is -0.131. The Morgan fingerprint density at radius 2 is 2.04 bits per heavy atom. The SMILES string of the molecule is Cc1nnc(N2CC(NC(=O)c3ccc4ccccc4n3)C2)s1. The van der Waals surface area contributed by atoms with Crippen LogP contribution < -0.4 is 10.2 Å². The van der Waals surface area contributed by atoms with Gasteiger partial charge in [-0.05, 0) is 19.1 Å². The molecule has 1 amide bonds. The van der Waals surface area contributed by atoms with Gasteiger partial charge in [0.1, 0.15) is 10.7 Å². The number of amides is 1. The number of carbonyl (C=O) groups is 1. The molecule has 116 valence electrons. The van der Waals surface area contributed by atoms with Crippen molar-refractivity contribution < 1.29 is 4.79 Å². The first-order valence-corrected chi connectivity index (χ1v) is 8.22. The molecule has 6 nitrogen and oxygen atoms in total. The molecular formula is C16H15N5OS. The van der Waals surface area contributed by atoms with Crippen LogP contribution in [0.5, 0.6) is 0 Å². The van der Waals surface area contributed by atoms with Gasteiger partial charge in [-0.1, -0.05) is 35.6 Å². The fourth-order valence-corrected chi connectivity index (χ4v) is 3.30. The average Bonchev–Trinajstić information content (AvgIpc) is 2.95. The maximum absolute atomic E-state index is 12.3. The quantitative estimate of drug-likeness (QED) is 0.798. The highest BCUT2D eigenvalue weighted by atomic mass is 32.1. The Bertz CT molecular complexity index is 872. The molecule has 1 aliphatic heterocycles. The standard InChI is InChI=1S/C16H15N5OS/c1-10-19-20-16(23-10)21-8-12(9-21)17-15(22)14-7-6-11-4-2-3-5-13(11)18-14/h2-7,12H,8-9H2,1H3,(H,17,22). The number of nitrogens with one attached hydrogen (secondary N) is 1. The third-order valence-electron chi connectivity index (χ3n) is 3.83. The Hall–Kier alpha value is -2.54. The first-order valence-electron chi connectivity index (χ1n) is 7.41. The van der Waals surface area contributed by atoms with Gasteiger partial charge >= 0.3 is 0 Å². The monoisotopic (exact) mass is 325 g/mol. The predicted octanol–water partition coefficient (Wildman–Crippen LogP) is 2.01. The number of hydrogen-bond donors (Lipinski definition) is 1. The van der Waals surface area contributed by atoms with Gasteiger partial charge in [0, 0.05) is 18.5 Å². The largest absolute Gasteiger partial charge is 0.344 e. The molecule has 23 heavy (non-hydrogen) atoms. The maximum Gasteiger partial charge on any atom is 0.270 e. The number of nitrogens with zero attached hydrogens (tertiary/aromatic N) is 4. The topological polar surface area (TPSA) is 71.0 Å². The second-order valence-corrected chi connectivity index (χ2v) is 6.73. The van der Waals surface area contributed by atoms with Crippen LogP contribution in [0.4, 0.5) is 5.13 Å². The molecule has 7 heteroatoms. The van der Waals surface area contributed by atoms with Gasteiger partial charge in [0.2, 0.25) is 5.13 Å². The highest BCUT2D eigenvalue weighted by molar-refractivity contribution is 7.15. The van der Waals surface area contributed by atoms with Crippen LogP contribution in [-0.4, -0.2) is 40.2 Å². The maximum atomic E-state index is 12.3. The van der Waals surface area contributed by atoms with Crippen LogP contribution in [0.25, 0.3) is 10.9 Å². The molecule has 0 unspecified atom stereocenters. The summed E-state index contributed by atoms with van der Waals surface area (Å²) in [7, 11) is 0. The lowest BCUT2D eigenvalue weighted by molar-refractivity contribution is 0.0925. The minimum Gasteiger partial charge on any atom is -0.344 e. The van der Waals surface area contributed by atoms with Gasteiger partial charge in [-0.15, -0.1) is 10.2 Å². The van der Waals surface area contributed by atoms with Gasteiger partial charge in [0.05, 0.1) is 11.6 Å². The number of benzene rings is 1. The van der Waals surface area contributed by atoms with E-state index in [9.17, 15) is 4.79 Å². The molecule has 0 bridgehead atoms. The normalized spacial score (nSPS) is 14.7. The molecule has 1 aliphatic rings. The second kappa shape index (κ2) is 5.58. The van der Waals surface area contributed by atoms with Crippen molar-refractivity contribution in [3.05, 3.63) is 47.1 Å². The van der Waals surface area contributed by atoms with E-state index in [0.29, 0.717) is 5.69 Å². The number of hydrogen-bond acceptors (Lipinski definition) is 6. The molecule has 0 aliphatic carbocycles. The number of para-hydroxylation sites is 1. The van der Waals surface area contributed by atoms with Crippen molar-refractivity contribution in [1.82, 2.24) is 20.5 Å². The summed E-state index contributed by atoms with van der Waals surface area (Å²) in [6.45, 7) is 3.45. The molecule has 1 fully saturated rings. The average molecular weight is 325 g/mol. The summed E-state index contributed by atoms with van der Waals surface area (Å²) in [4.78, 5) is 18.9. The van der Waals surface area contributed by atoms with Gasteiger partial charge in [-0.3, -0.25) is 4.79 Å². The van der Waals surface area contributed by atoms with E-state index in [1.807, 2.05) is 37.3 Å². The number of anilines is 1. The third-order valence-corrected chi connectivity index (χ3v) is 4.73. The predicted molar refractivity (Wildman–Crippen MR) is 89.9 cm³/mol. The Morgan fingerprint density at radius 1 is 1.22 bits per heavy atom. The van der Waals surface area contributed by atoms with Crippen molar-refractivity contribution in [2.45, 2.75) is 13.0 Å². The van der Waals surface area contributed by atoms with Crippen LogP contribution in [0.2, 0.25) is 0 Å². The molecule has 3 heterocycles. The summed E-state index contributed by atoms with van der Waals surface area (Å²) < 4.78 is 0. The molecule has 4 rings (SSSR count). The van der Waals surface area contributed by atoms with Gasteiger partial charge in [-0.25, -0.2) is 4.98 Å². The lowest BCUT2D eigenvalue weighted by Gasteiger charge is -2.38. The van der Waals surface area contributed by atoms with Crippen molar-refractivity contribution >= 4 is 33.3 Å². The summed E-state index contributed by atoms with van der Waals surface area (Å²) in [5, 5.41) is 14.0. The first-order chi connectivity index (χ1) is 11.2. The third kappa shape index (κ3) is 2.75. The number of fused-ring (bicyclic) bond motifs is 1. The van der Waals surface area contributed by atoms with Crippen LogP contribution in [0.15, 0.2) is 36.4 Å². The second-order valence-electron chi connectivity index (χ2n) is 5.57. The molecule has 0 spiro atoms. The first kappa shape index (κ1) is 14.1. The number of carbonyl (C=O) groups excluding carboxylic acids is 1. The molecular weight excluding hydrogens is 310 g/mol. The van der Waals surface area contributed by atoms with E-state index in [1.54, 1.807) is 17.4 Å². The Morgan fingerprint density at radius 3 is 2.83 bits per heavy atom. The molecule has 1 N–H and O–H groups in total. The summed E-state index contributed by atoms with van der Waals surface area (Å²) in [5.41, 5.74) is 1.29. The molecule has 2 aromatic heterocycles. The van der Waals surface area contributed by atoms with Crippen LogP contribution in [0.1, 0.15) is 15.5 Å². The summed E-state index contributed by atoms with van der Waals surface area (Å²) in [5.74, 6) is -0.131. The number of aromatic nitrogens is 3. The number of rotatable bonds is 3. The van der Waals surface area contributed by atoms with Crippen molar-refractivity contribution in [3.63, 3.8) is 0 Å². The van der Waals surface area contributed by atoms with Crippen molar-refractivity contribution in [2.24, 2.45) is 0 Å². The van der Waals surface area contributed by atoms with Crippen molar-refractivity contribution in [1.29, 1.82) is 0 Å². The van der Waals surface area contributed by atoms with Gasteiger partial charge in [0.15, 0.2) is 0 Å². The Balaban J connectivity index is 1.40. The van der Waals surface area contributed by atoms with E-state index < -0.39 is 0 Å². The summed E-state index contributed by atoms with van der Waals surface area (Å²) in [6.07, 6.45) is 0. The zero-order valence-corrected chi connectivity index (χ0v) is 13.4. The van der Waals surface area contributed by atoms with Gasteiger partial charge in [-0.2, -0.15) is 0 Å². The van der Waals surface area contributed by atoms with E-state index in [1.165, 1.54) is 0 Å². The van der Waals surface area contributed by atoms with E-state index in [0.717, 1.165) is 34.1 Å². The summed E-state index contributed by atoms with van der Waals surface area (Å²) >= 11 is 1.57. The van der Waals surface area contributed by atoms with Crippen LogP contribution in [0, 0.1) is 6.92 Å². The number of aryl methyl sites for hydroxylation is 1. The van der Waals surface area contributed by atoms with Crippen LogP contribution in [-0.2, 0) is 0 Å². The molecule has 3 aromatic rings. The highest BCUT2D eigenvalue weighted by Crippen LogP contribution is 2.24. The zero-order valence-electron chi connectivity index (χ0n) is 12.6. The molecule has 0 atom stereocenters. The Labute approximate surface area is 137 Å². The van der Waals surface area contributed by atoms with Crippen LogP contribution in [0.3, 0.4) is 0 Å². The molecule has 0 radical (unpaired) electrons. The van der Waals surface area contributed by atoms with E-state index >= 15 is 0 Å². The minimum absolute atomic E-state index is 0.125. The number of pyridine rings is 1. The molecule has 1 aromatic carbocycles. The van der Waals surface area contributed by atoms with E-state index in [-0.39, 0.29) is 11.9 Å². The summed E-state index contributed by atoms with van der Waals surface area (Å²) in [6, 6.07) is 11.6. The Kier molecular flexibility index (Phi) is 3.42. The zero-order chi connectivity index (χ0) is 15.8. The fraction of sp³-hybridized carbons (Fsp3) is 0.250. The fourth-order valence-electron chi connectivity index (χ4n) is 2.59. The molecule has 0 saturated carbocycles. The van der Waals surface area contributed by atoms with Crippen LogP contribution >= 0.6 is 11.3 Å². The van der Waals surface area contributed by atoms with Gasteiger partial charge < -0.3 is 10.2 Å². The van der Waals surface area contributed by atoms with Crippen molar-refractivity contribution in [2.75, 3.05) is 18.0 Å². The lowest BCUT2D eigenvalue weighted by atomic mass is 10.1. The van der Waals surface area contributed by atoms with Gasteiger partial charge in [0.25, 0.3) is 5.91 Å². The van der Waals surface area contributed by atoms with E-state index in [4.69, 9.17) is 0 Å². The highest BCUT2D eigenvalue weighted by Gasteiger charge is 2.30. The van der Waals surface area contributed by atoms with Crippen molar-refractivity contribution in [3.8, 4) is 0 Å². The molecule has 1 saturated heterocycles. The smallest absolute Gasteiger partial charge is 0.270 e. The lowest BCUT2D eigenvalue weighted by Crippen LogP contribution is -2.59. The van der Waals surface area contributed by atoms with E-state index in [2.05, 4.69) is 25.4 Å².